The van der Waals surface area contributed by atoms with Crippen LogP contribution in [0.4, 0.5) is 0 Å². The fraction of sp³-hybridized carbons (Fsp3) is 0.938. The molecule has 0 saturated heterocycles. The summed E-state index contributed by atoms with van der Waals surface area (Å²) in [4.78, 5) is 14.8. The van der Waals surface area contributed by atoms with E-state index < -0.39 is 0 Å². The Morgan fingerprint density at radius 3 is 1.50 bits per heavy atom. The molecule has 1 fully saturated rings. The predicted octanol–water partition coefficient (Wildman–Crippen LogP) is 3.81. The summed E-state index contributed by atoms with van der Waals surface area (Å²) in [5.74, 6) is 1.64. The van der Waals surface area contributed by atoms with Gasteiger partial charge < -0.3 is 4.90 Å². The van der Waals surface area contributed by atoms with Crippen LogP contribution >= 0.6 is 0 Å². The molecule has 0 unspecified atom stereocenters. The monoisotopic (exact) mass is 253 g/mol. The number of carbonyl (C=O) groups excluding carboxylic acids is 1. The van der Waals surface area contributed by atoms with Gasteiger partial charge in [-0.3, -0.25) is 4.79 Å². The molecule has 1 saturated carbocycles. The van der Waals surface area contributed by atoms with E-state index in [4.69, 9.17) is 0 Å². The van der Waals surface area contributed by atoms with E-state index in [2.05, 4.69) is 60.3 Å². The van der Waals surface area contributed by atoms with E-state index in [1.807, 2.05) is 0 Å². The minimum absolute atomic E-state index is 0.149. The van der Waals surface area contributed by atoms with Crippen molar-refractivity contribution in [1.29, 1.82) is 0 Å². The van der Waals surface area contributed by atoms with Gasteiger partial charge in [-0.25, -0.2) is 0 Å². The summed E-state index contributed by atoms with van der Waals surface area (Å²) in [6, 6.07) is 0. The number of hydrogen-bond donors (Lipinski definition) is 0. The molecular formula is C16H31NO. The van der Waals surface area contributed by atoms with Crippen molar-refractivity contribution in [3.05, 3.63) is 0 Å². The molecule has 0 heterocycles. The van der Waals surface area contributed by atoms with Crippen LogP contribution in [-0.2, 0) is 4.79 Å². The van der Waals surface area contributed by atoms with Crippen LogP contribution in [0.2, 0.25) is 0 Å². The second-order valence-electron chi connectivity index (χ2n) is 7.91. The number of carbonyl (C=O) groups is 1. The van der Waals surface area contributed by atoms with Crippen molar-refractivity contribution in [1.82, 2.24) is 4.90 Å². The molecular weight excluding hydrogens is 222 g/mol. The fourth-order valence-corrected chi connectivity index (χ4v) is 3.13. The molecule has 1 aliphatic carbocycles. The molecule has 1 aliphatic rings. The average Bonchev–Trinajstić information content (AvgIpc) is 2.53. The molecule has 0 aromatic carbocycles. The van der Waals surface area contributed by atoms with Gasteiger partial charge in [0.1, 0.15) is 0 Å². The molecule has 0 bridgehead atoms. The Hall–Kier alpha value is -0.530. The van der Waals surface area contributed by atoms with Gasteiger partial charge in [0, 0.05) is 19.0 Å². The van der Waals surface area contributed by atoms with Gasteiger partial charge in [-0.05, 0) is 22.7 Å². The van der Waals surface area contributed by atoms with Crippen LogP contribution in [0.3, 0.4) is 0 Å². The summed E-state index contributed by atoms with van der Waals surface area (Å²) in [7, 11) is 0. The molecule has 0 aromatic rings. The van der Waals surface area contributed by atoms with Crippen LogP contribution in [0.1, 0.15) is 55.4 Å². The van der Waals surface area contributed by atoms with Crippen molar-refractivity contribution in [3.8, 4) is 0 Å². The van der Waals surface area contributed by atoms with Gasteiger partial charge in [0.2, 0.25) is 5.91 Å². The summed E-state index contributed by atoms with van der Waals surface area (Å²) < 4.78 is 0. The Labute approximate surface area is 113 Å². The lowest BCUT2D eigenvalue weighted by Gasteiger charge is -2.27. The number of hydrogen-bond acceptors (Lipinski definition) is 1. The van der Waals surface area contributed by atoms with Crippen molar-refractivity contribution in [2.24, 2.45) is 28.6 Å². The lowest BCUT2D eigenvalue weighted by atomic mass is 10.0. The van der Waals surface area contributed by atoms with Gasteiger partial charge in [0.15, 0.2) is 0 Å². The highest BCUT2D eigenvalue weighted by Crippen LogP contribution is 2.68. The topological polar surface area (TPSA) is 20.3 Å². The molecule has 0 aromatic heterocycles. The van der Waals surface area contributed by atoms with E-state index in [0.29, 0.717) is 17.7 Å². The maximum Gasteiger partial charge on any atom is 0.226 e. The third-order valence-electron chi connectivity index (χ3n) is 4.75. The SMILES string of the molecule is CC(C)CN(CC(C)C)C(=O)C1C(C)(C)C1(C)C. The standard InChI is InChI=1S/C16H31NO/c1-11(2)9-17(10-12(3)4)14(18)13-15(5,6)16(13,7)8/h11-13H,9-10H2,1-8H3. The number of nitrogens with zero attached hydrogens (tertiary/aromatic N) is 1. The first-order chi connectivity index (χ1) is 8.01. The van der Waals surface area contributed by atoms with Gasteiger partial charge in [0.25, 0.3) is 0 Å². The van der Waals surface area contributed by atoms with Crippen LogP contribution in [0.25, 0.3) is 0 Å². The summed E-state index contributed by atoms with van der Waals surface area (Å²) >= 11 is 0. The third-order valence-corrected chi connectivity index (χ3v) is 4.75. The molecule has 1 amide bonds. The highest BCUT2D eigenvalue weighted by atomic mass is 16.2. The van der Waals surface area contributed by atoms with Gasteiger partial charge in [0.05, 0.1) is 0 Å². The zero-order valence-corrected chi connectivity index (χ0v) is 13.5. The Balaban J connectivity index is 2.78. The van der Waals surface area contributed by atoms with Crippen molar-refractivity contribution in [3.63, 3.8) is 0 Å². The minimum Gasteiger partial charge on any atom is -0.342 e. The molecule has 0 radical (unpaired) electrons. The molecule has 0 spiro atoms. The van der Waals surface area contributed by atoms with E-state index in [-0.39, 0.29) is 16.7 Å². The normalized spacial score (nSPS) is 21.4. The minimum atomic E-state index is 0.149. The summed E-state index contributed by atoms with van der Waals surface area (Å²) in [6.45, 7) is 19.4. The van der Waals surface area contributed by atoms with Gasteiger partial charge in [-0.15, -0.1) is 0 Å². The van der Waals surface area contributed by atoms with Crippen molar-refractivity contribution in [2.75, 3.05) is 13.1 Å². The average molecular weight is 253 g/mol. The third kappa shape index (κ3) is 2.73. The van der Waals surface area contributed by atoms with E-state index >= 15 is 0 Å². The molecule has 2 heteroatoms. The highest BCUT2D eigenvalue weighted by molar-refractivity contribution is 5.84. The molecule has 1 rings (SSSR count). The zero-order chi connectivity index (χ0) is 14.3. The van der Waals surface area contributed by atoms with E-state index in [1.165, 1.54) is 0 Å². The lowest BCUT2D eigenvalue weighted by Crippen LogP contribution is -2.39. The molecule has 2 nitrogen and oxygen atoms in total. The van der Waals surface area contributed by atoms with Crippen LogP contribution in [0.5, 0.6) is 0 Å². The fourth-order valence-electron chi connectivity index (χ4n) is 3.13. The second-order valence-corrected chi connectivity index (χ2v) is 7.91. The van der Waals surface area contributed by atoms with E-state index in [1.54, 1.807) is 0 Å². The maximum absolute atomic E-state index is 12.7. The number of rotatable bonds is 5. The first-order valence-corrected chi connectivity index (χ1v) is 7.30. The van der Waals surface area contributed by atoms with Gasteiger partial charge >= 0.3 is 0 Å². The van der Waals surface area contributed by atoms with Crippen molar-refractivity contribution in [2.45, 2.75) is 55.4 Å². The molecule has 0 atom stereocenters. The van der Waals surface area contributed by atoms with Crippen molar-refractivity contribution >= 4 is 5.91 Å². The first-order valence-electron chi connectivity index (χ1n) is 7.30. The summed E-state index contributed by atoms with van der Waals surface area (Å²) in [5, 5.41) is 0. The highest BCUT2D eigenvalue weighted by Gasteiger charge is 2.68. The first kappa shape index (κ1) is 15.5. The Kier molecular flexibility index (Phi) is 4.19. The molecule has 106 valence electrons. The zero-order valence-electron chi connectivity index (χ0n) is 13.5. The number of amides is 1. The molecule has 18 heavy (non-hydrogen) atoms. The molecule has 0 aliphatic heterocycles. The van der Waals surface area contributed by atoms with E-state index in [9.17, 15) is 4.79 Å². The van der Waals surface area contributed by atoms with E-state index in [0.717, 1.165) is 13.1 Å². The Bertz CT molecular complexity index is 291. The summed E-state index contributed by atoms with van der Waals surface area (Å²) in [5.41, 5.74) is 0.298. The van der Waals surface area contributed by atoms with Crippen LogP contribution < -0.4 is 0 Å². The Morgan fingerprint density at radius 1 is 0.944 bits per heavy atom. The smallest absolute Gasteiger partial charge is 0.226 e. The Morgan fingerprint density at radius 2 is 1.28 bits per heavy atom. The van der Waals surface area contributed by atoms with Crippen LogP contribution in [0, 0.1) is 28.6 Å². The summed E-state index contributed by atoms with van der Waals surface area (Å²) in [6.07, 6.45) is 0. The van der Waals surface area contributed by atoms with Gasteiger partial charge in [-0.2, -0.15) is 0 Å². The van der Waals surface area contributed by atoms with Crippen molar-refractivity contribution < 1.29 is 4.79 Å². The van der Waals surface area contributed by atoms with Crippen LogP contribution in [0.15, 0.2) is 0 Å². The second kappa shape index (κ2) is 4.86. The quantitative estimate of drug-likeness (QED) is 0.729. The van der Waals surface area contributed by atoms with Gasteiger partial charge in [-0.1, -0.05) is 55.4 Å². The largest absolute Gasteiger partial charge is 0.342 e. The molecule has 0 N–H and O–H groups in total. The lowest BCUT2D eigenvalue weighted by molar-refractivity contribution is -0.135. The predicted molar refractivity (Wildman–Crippen MR) is 77.3 cm³/mol. The van der Waals surface area contributed by atoms with Crippen LogP contribution in [-0.4, -0.2) is 23.9 Å². The maximum atomic E-state index is 12.7.